The molecule has 2 aliphatic rings. The van der Waals surface area contributed by atoms with E-state index < -0.39 is 0 Å². The Kier molecular flexibility index (Phi) is 4.76. The average molecular weight is 321 g/mol. The predicted octanol–water partition coefficient (Wildman–Crippen LogP) is 1.41. The molecule has 3 rings (SSSR count). The first-order valence-electron chi connectivity index (χ1n) is 7.84. The van der Waals surface area contributed by atoms with Gasteiger partial charge in [-0.25, -0.2) is 9.18 Å². The van der Waals surface area contributed by atoms with Gasteiger partial charge < -0.3 is 20.3 Å². The van der Waals surface area contributed by atoms with E-state index in [2.05, 4.69) is 10.6 Å². The van der Waals surface area contributed by atoms with Gasteiger partial charge in [-0.3, -0.25) is 4.79 Å². The van der Waals surface area contributed by atoms with E-state index in [9.17, 15) is 14.0 Å². The molecule has 0 aliphatic carbocycles. The van der Waals surface area contributed by atoms with Crippen LogP contribution in [0.1, 0.15) is 19.3 Å². The number of urea groups is 1. The lowest BCUT2D eigenvalue weighted by Crippen LogP contribution is -2.45. The molecule has 2 atom stereocenters. The van der Waals surface area contributed by atoms with Crippen molar-refractivity contribution >= 4 is 17.6 Å². The van der Waals surface area contributed by atoms with Gasteiger partial charge in [0.05, 0.1) is 12.1 Å². The van der Waals surface area contributed by atoms with Crippen LogP contribution in [0.5, 0.6) is 0 Å². The molecule has 124 valence electrons. The van der Waals surface area contributed by atoms with Crippen molar-refractivity contribution in [2.24, 2.45) is 0 Å². The Balaban J connectivity index is 1.48. The second kappa shape index (κ2) is 6.95. The number of carbonyl (C=O) groups excluding carboxylic acids is 2. The molecule has 7 heteroatoms. The Morgan fingerprint density at radius 1 is 1.35 bits per heavy atom. The van der Waals surface area contributed by atoms with Crippen LogP contribution in [0.15, 0.2) is 24.3 Å². The van der Waals surface area contributed by atoms with Crippen LogP contribution in [0.3, 0.4) is 0 Å². The van der Waals surface area contributed by atoms with Gasteiger partial charge in [-0.1, -0.05) is 0 Å². The van der Waals surface area contributed by atoms with Gasteiger partial charge in [0.2, 0.25) is 5.91 Å². The van der Waals surface area contributed by atoms with Crippen molar-refractivity contribution in [2.45, 2.75) is 31.4 Å². The smallest absolute Gasteiger partial charge is 0.315 e. The third-order valence-corrected chi connectivity index (χ3v) is 4.11. The van der Waals surface area contributed by atoms with Crippen molar-refractivity contribution in [3.63, 3.8) is 0 Å². The van der Waals surface area contributed by atoms with Crippen LogP contribution >= 0.6 is 0 Å². The van der Waals surface area contributed by atoms with Gasteiger partial charge in [0, 0.05) is 31.8 Å². The van der Waals surface area contributed by atoms with E-state index in [4.69, 9.17) is 4.74 Å². The van der Waals surface area contributed by atoms with Gasteiger partial charge in [0.1, 0.15) is 5.82 Å². The lowest BCUT2D eigenvalue weighted by Gasteiger charge is -2.18. The largest absolute Gasteiger partial charge is 0.376 e. The van der Waals surface area contributed by atoms with Gasteiger partial charge in [0.25, 0.3) is 0 Å². The van der Waals surface area contributed by atoms with E-state index in [1.807, 2.05) is 0 Å². The van der Waals surface area contributed by atoms with E-state index in [0.717, 1.165) is 19.4 Å². The van der Waals surface area contributed by atoms with Crippen LogP contribution in [-0.2, 0) is 9.53 Å². The molecule has 2 heterocycles. The van der Waals surface area contributed by atoms with E-state index in [1.54, 1.807) is 17.0 Å². The van der Waals surface area contributed by atoms with Gasteiger partial charge in [-0.2, -0.15) is 0 Å². The van der Waals surface area contributed by atoms with E-state index in [-0.39, 0.29) is 36.3 Å². The highest BCUT2D eigenvalue weighted by molar-refractivity contribution is 5.96. The van der Waals surface area contributed by atoms with Gasteiger partial charge >= 0.3 is 6.03 Å². The Bertz CT molecular complexity index is 572. The number of nitrogens with one attached hydrogen (secondary N) is 2. The van der Waals surface area contributed by atoms with Crippen molar-refractivity contribution in [3.8, 4) is 0 Å². The molecular weight excluding hydrogens is 301 g/mol. The normalized spacial score (nSPS) is 24.0. The minimum atomic E-state index is -0.344. The van der Waals surface area contributed by atoms with E-state index in [0.29, 0.717) is 18.8 Å². The summed E-state index contributed by atoms with van der Waals surface area (Å²) in [6.45, 7) is 1.61. The average Bonchev–Trinajstić information content (AvgIpc) is 3.16. The number of ether oxygens (including phenoxy) is 1. The summed E-state index contributed by atoms with van der Waals surface area (Å²) >= 11 is 0. The van der Waals surface area contributed by atoms with E-state index >= 15 is 0 Å². The number of amides is 3. The minimum Gasteiger partial charge on any atom is -0.376 e. The van der Waals surface area contributed by atoms with Gasteiger partial charge in [-0.05, 0) is 37.1 Å². The first-order chi connectivity index (χ1) is 11.1. The number of carbonyl (C=O) groups is 2. The Morgan fingerprint density at radius 3 is 2.83 bits per heavy atom. The monoisotopic (exact) mass is 321 g/mol. The molecular formula is C16H20FN3O3. The molecule has 23 heavy (non-hydrogen) atoms. The molecule has 1 aromatic rings. The van der Waals surface area contributed by atoms with Gasteiger partial charge in [0.15, 0.2) is 0 Å². The van der Waals surface area contributed by atoms with E-state index in [1.165, 1.54) is 12.1 Å². The van der Waals surface area contributed by atoms with Crippen molar-refractivity contribution in [1.82, 2.24) is 10.6 Å². The molecule has 0 spiro atoms. The summed E-state index contributed by atoms with van der Waals surface area (Å²) in [4.78, 5) is 25.5. The molecule has 2 N–H and O–H groups in total. The molecule has 0 radical (unpaired) electrons. The number of hydrogen-bond acceptors (Lipinski definition) is 3. The lowest BCUT2D eigenvalue weighted by atomic mass is 10.2. The van der Waals surface area contributed by atoms with Crippen LogP contribution in [-0.4, -0.2) is 43.8 Å². The molecule has 0 unspecified atom stereocenters. The van der Waals surface area contributed by atoms with Crippen molar-refractivity contribution < 1.29 is 18.7 Å². The second-order valence-corrected chi connectivity index (χ2v) is 5.87. The molecule has 2 saturated heterocycles. The maximum Gasteiger partial charge on any atom is 0.315 e. The van der Waals surface area contributed by atoms with Crippen LogP contribution < -0.4 is 15.5 Å². The van der Waals surface area contributed by atoms with Crippen molar-refractivity contribution in [2.75, 3.05) is 24.6 Å². The summed E-state index contributed by atoms with van der Waals surface area (Å²) in [6.07, 6.45) is 2.31. The highest BCUT2D eigenvalue weighted by Crippen LogP contribution is 2.21. The number of anilines is 1. The number of rotatable bonds is 4. The summed E-state index contributed by atoms with van der Waals surface area (Å²) < 4.78 is 18.4. The fraction of sp³-hybridized carbons (Fsp3) is 0.500. The number of nitrogens with zero attached hydrogens (tertiary/aromatic N) is 1. The van der Waals surface area contributed by atoms with Crippen molar-refractivity contribution in [3.05, 3.63) is 30.1 Å². The van der Waals surface area contributed by atoms with Crippen LogP contribution in [0.25, 0.3) is 0 Å². The quantitative estimate of drug-likeness (QED) is 0.881. The topological polar surface area (TPSA) is 70.7 Å². The molecule has 0 saturated carbocycles. The maximum absolute atomic E-state index is 13.0. The Labute approximate surface area is 134 Å². The number of benzene rings is 1. The third-order valence-electron chi connectivity index (χ3n) is 4.11. The fourth-order valence-corrected chi connectivity index (χ4v) is 2.92. The summed E-state index contributed by atoms with van der Waals surface area (Å²) in [5, 5.41) is 5.58. The fourth-order valence-electron chi connectivity index (χ4n) is 2.92. The number of halogens is 1. The number of hydrogen-bond donors (Lipinski definition) is 2. The zero-order valence-corrected chi connectivity index (χ0v) is 12.8. The summed E-state index contributed by atoms with van der Waals surface area (Å²) in [5.41, 5.74) is 0.639. The molecule has 2 fully saturated rings. The molecule has 1 aromatic carbocycles. The van der Waals surface area contributed by atoms with Crippen LogP contribution in [0.2, 0.25) is 0 Å². The highest BCUT2D eigenvalue weighted by atomic mass is 19.1. The Morgan fingerprint density at radius 2 is 2.13 bits per heavy atom. The zero-order chi connectivity index (χ0) is 16.2. The van der Waals surface area contributed by atoms with Crippen molar-refractivity contribution in [1.29, 1.82) is 0 Å². The summed E-state index contributed by atoms with van der Waals surface area (Å²) in [7, 11) is 0. The first kappa shape index (κ1) is 15.7. The summed E-state index contributed by atoms with van der Waals surface area (Å²) in [6, 6.07) is 5.21. The third kappa shape index (κ3) is 3.98. The molecule has 3 amide bonds. The minimum absolute atomic E-state index is 0.0824. The molecule has 2 aliphatic heterocycles. The predicted molar refractivity (Wildman–Crippen MR) is 82.7 cm³/mol. The van der Waals surface area contributed by atoms with Gasteiger partial charge in [-0.15, -0.1) is 0 Å². The lowest BCUT2D eigenvalue weighted by molar-refractivity contribution is -0.117. The van der Waals surface area contributed by atoms with Crippen LogP contribution in [0, 0.1) is 5.82 Å². The first-order valence-corrected chi connectivity index (χ1v) is 7.84. The maximum atomic E-state index is 13.0. The second-order valence-electron chi connectivity index (χ2n) is 5.87. The standard InChI is InChI=1S/C16H20FN3O3/c17-11-3-5-13(6-4-11)20-10-12(8-15(20)21)19-16(22)18-9-14-2-1-7-23-14/h3-6,12,14H,1-2,7-10H2,(H2,18,19,22)/t12-,14-/m0/s1. The highest BCUT2D eigenvalue weighted by Gasteiger charge is 2.31. The SMILES string of the molecule is O=C(NC[C@@H]1CCCO1)N[C@H]1CC(=O)N(c2ccc(F)cc2)C1. The zero-order valence-electron chi connectivity index (χ0n) is 12.8. The molecule has 0 aromatic heterocycles. The summed E-state index contributed by atoms with van der Waals surface area (Å²) in [5.74, 6) is -0.426. The molecule has 0 bridgehead atoms. The van der Waals surface area contributed by atoms with Crippen LogP contribution in [0.4, 0.5) is 14.9 Å². The molecule has 6 nitrogen and oxygen atoms in total. The Hall–Kier alpha value is -2.15.